The first-order valence-corrected chi connectivity index (χ1v) is 18.6. The maximum Gasteiger partial charge on any atom is 0.459 e. The highest BCUT2D eigenvalue weighted by molar-refractivity contribution is 7.52. The first kappa shape index (κ1) is 39.9. The lowest BCUT2D eigenvalue weighted by atomic mass is 10.2. The van der Waals surface area contributed by atoms with Crippen molar-refractivity contribution in [1.82, 2.24) is 14.6 Å². The van der Waals surface area contributed by atoms with Crippen LogP contribution in [0.3, 0.4) is 0 Å². The number of benzene rings is 3. The summed E-state index contributed by atoms with van der Waals surface area (Å²) in [6, 6.07) is 21.6. The minimum Gasteiger partial charge on any atom is -0.497 e. The number of rotatable bonds is 16. The Kier molecular flexibility index (Phi) is 12.3. The summed E-state index contributed by atoms with van der Waals surface area (Å²) in [5.74, 6) is -3.34. The van der Waals surface area contributed by atoms with Crippen LogP contribution in [-0.2, 0) is 41.3 Å². The van der Waals surface area contributed by atoms with Gasteiger partial charge in [0.1, 0.15) is 35.7 Å². The number of furan rings is 1. The number of anilines is 1. The van der Waals surface area contributed by atoms with Crippen LogP contribution in [0.1, 0.15) is 30.9 Å². The van der Waals surface area contributed by atoms with Gasteiger partial charge in [-0.15, -0.1) is 0 Å². The number of aromatic nitrogens is 2. The van der Waals surface area contributed by atoms with Gasteiger partial charge in [-0.05, 0) is 42.8 Å². The van der Waals surface area contributed by atoms with Crippen molar-refractivity contribution in [2.24, 2.45) is 0 Å². The van der Waals surface area contributed by atoms with Crippen molar-refractivity contribution in [3.63, 3.8) is 0 Å². The number of fused-ring (bicyclic) bond motifs is 1. The zero-order valence-electron chi connectivity index (χ0n) is 30.2. The number of esters is 1. The number of amides is 1. The van der Waals surface area contributed by atoms with Crippen LogP contribution in [-0.4, -0.2) is 60.5 Å². The van der Waals surface area contributed by atoms with Gasteiger partial charge < -0.3 is 32.6 Å². The second-order valence-corrected chi connectivity index (χ2v) is 14.1. The molecule has 1 unspecified atom stereocenters. The Labute approximate surface area is 318 Å². The van der Waals surface area contributed by atoms with E-state index in [1.165, 1.54) is 33.3 Å². The average molecular weight is 799 g/mol. The zero-order valence-corrected chi connectivity index (χ0v) is 31.1. The second-order valence-electron chi connectivity index (χ2n) is 12.4. The van der Waals surface area contributed by atoms with Crippen LogP contribution in [0.2, 0.25) is 0 Å². The molecule has 0 saturated carbocycles. The number of alkyl halides is 2. The summed E-state index contributed by atoms with van der Waals surface area (Å²) in [5, 5.41) is 5.41. The van der Waals surface area contributed by atoms with Crippen molar-refractivity contribution in [2.45, 2.75) is 50.9 Å². The van der Waals surface area contributed by atoms with Crippen LogP contribution < -0.4 is 30.1 Å². The van der Waals surface area contributed by atoms with Gasteiger partial charge in [-0.25, -0.2) is 22.9 Å². The van der Waals surface area contributed by atoms with Gasteiger partial charge >= 0.3 is 25.5 Å². The topological polar surface area (TPSA) is 188 Å². The molecule has 16 nitrogen and oxygen atoms in total. The summed E-state index contributed by atoms with van der Waals surface area (Å²) < 4.78 is 88.5. The van der Waals surface area contributed by atoms with Crippen LogP contribution in [0.15, 0.2) is 100 Å². The molecule has 19 heteroatoms. The molecule has 0 bridgehead atoms. The number of carbonyl (C=O) groups is 2. The summed E-state index contributed by atoms with van der Waals surface area (Å²) in [6.45, 7) is 0.343. The van der Waals surface area contributed by atoms with Crippen molar-refractivity contribution in [1.29, 1.82) is 0 Å². The smallest absolute Gasteiger partial charge is 0.459 e. The van der Waals surface area contributed by atoms with Gasteiger partial charge in [-0.3, -0.25) is 19.2 Å². The minimum atomic E-state index is -4.43. The molecule has 1 aliphatic heterocycles. The maximum absolute atomic E-state index is 15.3. The molecule has 2 N–H and O–H groups in total. The molecule has 296 valence electrons. The van der Waals surface area contributed by atoms with Crippen LogP contribution in [0, 0.1) is 0 Å². The molecule has 0 aliphatic carbocycles. The molecule has 1 saturated heterocycles. The predicted molar refractivity (Wildman–Crippen MR) is 195 cm³/mol. The average Bonchev–Trinajstić information content (AvgIpc) is 3.74. The number of halogens is 2. The van der Waals surface area contributed by atoms with E-state index in [2.05, 4.69) is 15.4 Å². The molecule has 1 aliphatic rings. The van der Waals surface area contributed by atoms with Gasteiger partial charge in [-0.1, -0.05) is 48.5 Å². The highest BCUT2D eigenvalue weighted by Gasteiger charge is 2.52. The summed E-state index contributed by atoms with van der Waals surface area (Å²) in [6.07, 6.45) is -4.48. The number of carbonyl (C=O) groups excluding carboxylic acids is 2. The van der Waals surface area contributed by atoms with E-state index in [0.29, 0.717) is 27.0 Å². The van der Waals surface area contributed by atoms with Gasteiger partial charge in [0.15, 0.2) is 17.9 Å². The summed E-state index contributed by atoms with van der Waals surface area (Å²) in [7, 11) is -1.46. The Hall–Kier alpha value is -5.81. The maximum atomic E-state index is 15.3. The second kappa shape index (κ2) is 17.3. The quantitative estimate of drug-likeness (QED) is 0.0802. The molecule has 6 rings (SSSR count). The third-order valence-corrected chi connectivity index (χ3v) is 9.88. The number of nitrogens with one attached hydrogen (secondary N) is 2. The van der Waals surface area contributed by atoms with Crippen molar-refractivity contribution in [2.75, 3.05) is 26.1 Å². The Bertz CT molecular complexity index is 2260. The molecular formula is C37H37F2N4O12P. The fraction of sp³-hybridized carbons (Fsp3) is 0.297. The fourth-order valence-electron chi connectivity index (χ4n) is 5.56. The van der Waals surface area contributed by atoms with Crippen molar-refractivity contribution >= 4 is 36.6 Å². The fourth-order valence-corrected chi connectivity index (χ4v) is 7.08. The van der Waals surface area contributed by atoms with Gasteiger partial charge in [0.2, 0.25) is 6.23 Å². The predicted octanol–water partition coefficient (Wildman–Crippen LogP) is 6.60. The first-order valence-electron chi connectivity index (χ1n) is 17.0. The SMILES string of the molecule is COc1cc(OC)c2oc(COC(=O)Nc3ccn([C@@H]4O[C@H](COP(=O)(N[C@@H](C)C(=O)OCc5ccccc5)Oc5ccccc5)CC4(F)F)c(=O)n3)cc2c1. The van der Waals surface area contributed by atoms with Gasteiger partial charge in [0.25, 0.3) is 5.92 Å². The lowest BCUT2D eigenvalue weighted by Crippen LogP contribution is -2.35. The largest absolute Gasteiger partial charge is 0.497 e. The molecule has 2 aromatic heterocycles. The van der Waals surface area contributed by atoms with E-state index in [4.69, 9.17) is 37.1 Å². The summed E-state index contributed by atoms with van der Waals surface area (Å²) >= 11 is 0. The van der Waals surface area contributed by atoms with E-state index in [1.807, 2.05) is 6.07 Å². The summed E-state index contributed by atoms with van der Waals surface area (Å²) in [5.41, 5.74) is -0.0337. The molecule has 0 spiro atoms. The Morgan fingerprint density at radius 3 is 2.41 bits per heavy atom. The van der Waals surface area contributed by atoms with Gasteiger partial charge in [0.05, 0.1) is 26.9 Å². The molecule has 0 radical (unpaired) electrons. The van der Waals surface area contributed by atoms with E-state index in [0.717, 1.165) is 17.8 Å². The normalized spacial score (nSPS) is 17.7. The van der Waals surface area contributed by atoms with Crippen LogP contribution in [0.25, 0.3) is 11.0 Å². The number of nitrogens with zero attached hydrogens (tertiary/aromatic N) is 2. The molecule has 5 aromatic rings. The van der Waals surface area contributed by atoms with Crippen LogP contribution >= 0.6 is 7.75 Å². The lowest BCUT2D eigenvalue weighted by molar-refractivity contribution is -0.146. The highest BCUT2D eigenvalue weighted by atomic mass is 31.2. The third-order valence-electron chi connectivity index (χ3n) is 8.23. The lowest BCUT2D eigenvalue weighted by Gasteiger charge is -2.24. The molecule has 3 aromatic carbocycles. The third kappa shape index (κ3) is 9.89. The Morgan fingerprint density at radius 1 is 0.982 bits per heavy atom. The molecule has 1 fully saturated rings. The zero-order chi connectivity index (χ0) is 39.9. The van der Waals surface area contributed by atoms with E-state index in [9.17, 15) is 18.9 Å². The molecule has 3 heterocycles. The number of para-hydroxylation sites is 1. The van der Waals surface area contributed by atoms with E-state index < -0.39 is 62.8 Å². The highest BCUT2D eigenvalue weighted by Crippen LogP contribution is 2.48. The van der Waals surface area contributed by atoms with Gasteiger partial charge in [-0.2, -0.15) is 10.1 Å². The number of methoxy groups -OCH3 is 2. The number of hydrogen-bond donors (Lipinski definition) is 2. The van der Waals surface area contributed by atoms with Crippen LogP contribution in [0.4, 0.5) is 19.4 Å². The minimum absolute atomic E-state index is 0.0470. The summed E-state index contributed by atoms with van der Waals surface area (Å²) in [4.78, 5) is 41.8. The van der Waals surface area contributed by atoms with Crippen molar-refractivity contribution in [3.8, 4) is 17.2 Å². The number of hydrogen-bond acceptors (Lipinski definition) is 13. The van der Waals surface area contributed by atoms with E-state index in [-0.39, 0.29) is 30.5 Å². The number of ether oxygens (including phenoxy) is 5. The molecule has 1 amide bonds. The standard InChI is InChI=1S/C37H37F2N4O12P/c1-23(33(44)50-20-24-10-6-4-7-11-24)42-56(47,55-26-12-8-5-9-13-26)52-22-29-19-37(38,39)34(54-29)43-15-14-31(40-35(43)45)41-36(46)51-21-28-17-25-16-27(48-2)18-30(49-3)32(25)53-28/h4-18,23,29,34H,19-22H2,1-3H3,(H,42,47)(H,40,41,45,46)/t23-,29-,34+,56?/m0/s1. The Balaban J connectivity index is 1.06. The van der Waals surface area contributed by atoms with Gasteiger partial charge in [0, 0.05) is 24.1 Å². The molecular weight excluding hydrogens is 761 g/mol. The first-order chi connectivity index (χ1) is 26.8. The van der Waals surface area contributed by atoms with E-state index >= 15 is 8.78 Å². The molecule has 56 heavy (non-hydrogen) atoms. The molecule has 4 atom stereocenters. The van der Waals surface area contributed by atoms with Crippen molar-refractivity contribution in [3.05, 3.63) is 113 Å². The van der Waals surface area contributed by atoms with Crippen molar-refractivity contribution < 1.29 is 60.1 Å². The van der Waals surface area contributed by atoms with Crippen LogP contribution in [0.5, 0.6) is 17.2 Å². The van der Waals surface area contributed by atoms with E-state index in [1.54, 1.807) is 60.7 Å². The Morgan fingerprint density at radius 2 is 1.71 bits per heavy atom. The monoisotopic (exact) mass is 798 g/mol.